The van der Waals surface area contributed by atoms with Crippen LogP contribution in [0.25, 0.3) is 0 Å². The zero-order chi connectivity index (χ0) is 16.3. The summed E-state index contributed by atoms with van der Waals surface area (Å²) in [6, 6.07) is 9.55. The molecule has 1 atom stereocenters. The Hall–Kier alpha value is -0.860. The molecule has 21 heavy (non-hydrogen) atoms. The van der Waals surface area contributed by atoms with Gasteiger partial charge in [-0.1, -0.05) is 45.0 Å². The Morgan fingerprint density at radius 3 is 1.86 bits per heavy atom. The first-order valence-corrected chi connectivity index (χ1v) is 8.02. The Balaban J connectivity index is 2.59. The van der Waals surface area contributed by atoms with Crippen molar-refractivity contribution in [1.29, 1.82) is 0 Å². The molecule has 2 nitrogen and oxygen atoms in total. The lowest BCUT2D eigenvalue weighted by Gasteiger charge is -2.35. The normalized spacial score (nSPS) is 14.5. The molecule has 0 aliphatic rings. The second-order valence-electron chi connectivity index (χ2n) is 8.38. The summed E-state index contributed by atoms with van der Waals surface area (Å²) in [4.78, 5) is 2.43. The van der Waals surface area contributed by atoms with E-state index in [1.807, 2.05) is 0 Å². The number of nitrogens with one attached hydrogen (secondary N) is 1. The third-order valence-electron chi connectivity index (χ3n) is 4.19. The van der Waals surface area contributed by atoms with Gasteiger partial charge in [-0.25, -0.2) is 0 Å². The smallest absolute Gasteiger partial charge is 0.0233 e. The van der Waals surface area contributed by atoms with Crippen molar-refractivity contribution < 1.29 is 0 Å². The van der Waals surface area contributed by atoms with Gasteiger partial charge in [0, 0.05) is 24.7 Å². The molecule has 1 N–H and O–H groups in total. The van der Waals surface area contributed by atoms with Crippen LogP contribution >= 0.6 is 0 Å². The van der Waals surface area contributed by atoms with Crippen molar-refractivity contribution in [2.24, 2.45) is 5.41 Å². The fraction of sp³-hybridized carbons (Fsp3) is 0.684. The van der Waals surface area contributed by atoms with Crippen LogP contribution in [0.1, 0.15) is 59.6 Å². The molecule has 1 aromatic carbocycles. The van der Waals surface area contributed by atoms with E-state index in [1.165, 1.54) is 11.1 Å². The van der Waals surface area contributed by atoms with Crippen molar-refractivity contribution in [3.63, 3.8) is 0 Å². The quantitative estimate of drug-likeness (QED) is 0.862. The molecule has 0 heterocycles. The van der Waals surface area contributed by atoms with Crippen molar-refractivity contribution >= 4 is 0 Å². The standard InChI is InChI=1S/C19H34N2/c1-15(18(2,3)4)21(8)14-17-11-9-16(10-12-17)13-20-19(5,6)7/h9-12,15,20H,13-14H2,1-8H3. The molecule has 0 spiro atoms. The monoisotopic (exact) mass is 290 g/mol. The second kappa shape index (κ2) is 6.93. The van der Waals surface area contributed by atoms with Crippen LogP contribution in [0.2, 0.25) is 0 Å². The lowest BCUT2D eigenvalue weighted by molar-refractivity contribution is 0.134. The van der Waals surface area contributed by atoms with Gasteiger partial charge < -0.3 is 5.32 Å². The van der Waals surface area contributed by atoms with Crippen molar-refractivity contribution in [3.05, 3.63) is 35.4 Å². The van der Waals surface area contributed by atoms with Gasteiger partial charge in [-0.05, 0) is 51.3 Å². The molecular weight excluding hydrogens is 256 g/mol. The van der Waals surface area contributed by atoms with E-state index in [2.05, 4.69) is 90.0 Å². The summed E-state index contributed by atoms with van der Waals surface area (Å²) in [5.41, 5.74) is 3.21. The molecule has 0 aliphatic heterocycles. The predicted molar refractivity (Wildman–Crippen MR) is 93.4 cm³/mol. The zero-order valence-corrected chi connectivity index (χ0v) is 15.2. The lowest BCUT2D eigenvalue weighted by atomic mass is 9.87. The van der Waals surface area contributed by atoms with Crippen LogP contribution in [0.3, 0.4) is 0 Å². The Morgan fingerprint density at radius 2 is 1.43 bits per heavy atom. The van der Waals surface area contributed by atoms with Crippen LogP contribution in [0, 0.1) is 5.41 Å². The van der Waals surface area contributed by atoms with Crippen LogP contribution in [0.15, 0.2) is 24.3 Å². The Morgan fingerprint density at radius 1 is 0.952 bits per heavy atom. The average Bonchev–Trinajstić information content (AvgIpc) is 2.35. The predicted octanol–water partition coefficient (Wildman–Crippen LogP) is 4.44. The zero-order valence-electron chi connectivity index (χ0n) is 15.2. The summed E-state index contributed by atoms with van der Waals surface area (Å²) in [5.74, 6) is 0. The maximum Gasteiger partial charge on any atom is 0.0233 e. The molecule has 120 valence electrons. The highest BCUT2D eigenvalue weighted by Gasteiger charge is 2.23. The minimum Gasteiger partial charge on any atom is -0.308 e. The van der Waals surface area contributed by atoms with Crippen LogP contribution in [-0.4, -0.2) is 23.5 Å². The molecule has 1 unspecified atom stereocenters. The topological polar surface area (TPSA) is 15.3 Å². The van der Waals surface area contributed by atoms with Gasteiger partial charge in [0.2, 0.25) is 0 Å². The summed E-state index contributed by atoms with van der Waals surface area (Å²) in [6.07, 6.45) is 0. The lowest BCUT2D eigenvalue weighted by Crippen LogP contribution is -2.38. The van der Waals surface area contributed by atoms with Gasteiger partial charge in [-0.3, -0.25) is 4.90 Å². The van der Waals surface area contributed by atoms with E-state index in [9.17, 15) is 0 Å². The molecule has 0 saturated carbocycles. The molecule has 0 aromatic heterocycles. The maximum atomic E-state index is 3.53. The summed E-state index contributed by atoms with van der Waals surface area (Å²) in [7, 11) is 2.21. The summed E-state index contributed by atoms with van der Waals surface area (Å²) in [5, 5.41) is 3.53. The largest absolute Gasteiger partial charge is 0.308 e. The molecule has 2 heteroatoms. The van der Waals surface area contributed by atoms with Gasteiger partial charge >= 0.3 is 0 Å². The number of rotatable bonds is 5. The number of nitrogens with zero attached hydrogens (tertiary/aromatic N) is 1. The number of benzene rings is 1. The van der Waals surface area contributed by atoms with Crippen LogP contribution < -0.4 is 5.32 Å². The highest BCUT2D eigenvalue weighted by molar-refractivity contribution is 5.22. The van der Waals surface area contributed by atoms with Gasteiger partial charge in [-0.15, -0.1) is 0 Å². The van der Waals surface area contributed by atoms with E-state index in [1.54, 1.807) is 0 Å². The van der Waals surface area contributed by atoms with Gasteiger partial charge in [0.25, 0.3) is 0 Å². The molecule has 0 saturated heterocycles. The van der Waals surface area contributed by atoms with Gasteiger partial charge in [0.05, 0.1) is 0 Å². The van der Waals surface area contributed by atoms with E-state index in [0.29, 0.717) is 11.5 Å². The van der Waals surface area contributed by atoms with E-state index in [4.69, 9.17) is 0 Å². The molecule has 0 fully saturated rings. The van der Waals surface area contributed by atoms with Crippen molar-refractivity contribution in [2.75, 3.05) is 7.05 Å². The van der Waals surface area contributed by atoms with Crippen LogP contribution in [-0.2, 0) is 13.1 Å². The Bertz CT molecular complexity index is 420. The number of hydrogen-bond acceptors (Lipinski definition) is 2. The minimum atomic E-state index is 0.168. The first kappa shape index (κ1) is 18.2. The highest BCUT2D eigenvalue weighted by atomic mass is 15.1. The van der Waals surface area contributed by atoms with Crippen molar-refractivity contribution in [2.45, 2.75) is 73.1 Å². The average molecular weight is 290 g/mol. The van der Waals surface area contributed by atoms with E-state index < -0.39 is 0 Å². The molecule has 0 radical (unpaired) electrons. The SMILES string of the molecule is CC(N(C)Cc1ccc(CNC(C)(C)C)cc1)C(C)(C)C. The second-order valence-corrected chi connectivity index (χ2v) is 8.38. The maximum absolute atomic E-state index is 3.53. The third-order valence-corrected chi connectivity index (χ3v) is 4.19. The van der Waals surface area contributed by atoms with Crippen LogP contribution in [0.5, 0.6) is 0 Å². The fourth-order valence-electron chi connectivity index (χ4n) is 2.22. The molecule has 0 aliphatic carbocycles. The molecular formula is C19H34N2. The van der Waals surface area contributed by atoms with E-state index >= 15 is 0 Å². The van der Waals surface area contributed by atoms with Gasteiger partial charge in [-0.2, -0.15) is 0 Å². The molecule has 1 rings (SSSR count). The summed E-state index contributed by atoms with van der Waals surface area (Å²) >= 11 is 0. The number of hydrogen-bond donors (Lipinski definition) is 1. The van der Waals surface area contributed by atoms with Crippen LogP contribution in [0.4, 0.5) is 0 Å². The van der Waals surface area contributed by atoms with Crippen molar-refractivity contribution in [3.8, 4) is 0 Å². The molecule has 0 bridgehead atoms. The highest BCUT2D eigenvalue weighted by Crippen LogP contribution is 2.24. The Kier molecular flexibility index (Phi) is 6.01. The first-order valence-electron chi connectivity index (χ1n) is 8.02. The Labute approximate surface area is 131 Å². The third kappa shape index (κ3) is 6.62. The summed E-state index contributed by atoms with van der Waals surface area (Å²) < 4.78 is 0. The summed E-state index contributed by atoms with van der Waals surface area (Å²) in [6.45, 7) is 17.7. The van der Waals surface area contributed by atoms with E-state index in [0.717, 1.165) is 13.1 Å². The molecule has 1 aromatic rings. The van der Waals surface area contributed by atoms with Gasteiger partial charge in [0.15, 0.2) is 0 Å². The minimum absolute atomic E-state index is 0.168. The van der Waals surface area contributed by atoms with Gasteiger partial charge in [0.1, 0.15) is 0 Å². The first-order chi connectivity index (χ1) is 9.49. The molecule has 0 amide bonds. The fourth-order valence-corrected chi connectivity index (χ4v) is 2.22. The van der Waals surface area contributed by atoms with E-state index in [-0.39, 0.29) is 5.54 Å². The van der Waals surface area contributed by atoms with Crippen molar-refractivity contribution in [1.82, 2.24) is 10.2 Å².